The highest BCUT2D eigenvalue weighted by Gasteiger charge is 2.17. The van der Waals surface area contributed by atoms with Gasteiger partial charge in [0.15, 0.2) is 0 Å². The van der Waals surface area contributed by atoms with Crippen molar-refractivity contribution < 1.29 is 9.47 Å². The van der Waals surface area contributed by atoms with Crippen LogP contribution in [-0.4, -0.2) is 67.6 Å². The average Bonchev–Trinajstić information content (AvgIpc) is 3.36. The van der Waals surface area contributed by atoms with Crippen LogP contribution < -0.4 is 21.3 Å². The summed E-state index contributed by atoms with van der Waals surface area (Å²) in [4.78, 5) is 16.1. The molecule has 1 aliphatic heterocycles. The fourth-order valence-corrected chi connectivity index (χ4v) is 3.59. The van der Waals surface area contributed by atoms with E-state index in [1.165, 1.54) is 5.39 Å². The number of hydrogen-bond acceptors (Lipinski definition) is 9. The largest absolute Gasteiger partial charge is 0.378 e. The molecule has 0 radical (unpaired) electrons. The Bertz CT molecular complexity index is 995. The van der Waals surface area contributed by atoms with E-state index in [0.29, 0.717) is 57.4 Å². The van der Waals surface area contributed by atoms with Gasteiger partial charge >= 0.3 is 0 Å². The molecule has 2 heterocycles. The van der Waals surface area contributed by atoms with Crippen LogP contribution in [0.25, 0.3) is 10.8 Å². The molecule has 4 rings (SSSR count). The molecule has 0 saturated carbocycles. The topological polar surface area (TPSA) is 110 Å². The molecule has 0 spiro atoms. The molecule has 1 aromatic heterocycles. The third-order valence-electron chi connectivity index (χ3n) is 5.18. The van der Waals surface area contributed by atoms with Crippen molar-refractivity contribution in [3.8, 4) is 0 Å². The number of nitrogens with two attached hydrogens (primary N) is 1. The van der Waals surface area contributed by atoms with Crippen molar-refractivity contribution in [2.24, 2.45) is 5.73 Å². The van der Waals surface area contributed by atoms with Crippen molar-refractivity contribution in [1.29, 1.82) is 0 Å². The summed E-state index contributed by atoms with van der Waals surface area (Å²) in [5.74, 6) is 1.75. The first-order valence-electron chi connectivity index (χ1n) is 11.2. The summed E-state index contributed by atoms with van der Waals surface area (Å²) in [6.07, 6.45) is 2.31. The van der Waals surface area contributed by atoms with Crippen LogP contribution in [0.4, 0.5) is 23.5 Å². The highest BCUT2D eigenvalue weighted by molar-refractivity contribution is 5.86. The van der Waals surface area contributed by atoms with Gasteiger partial charge in [-0.1, -0.05) is 30.3 Å². The Labute approximate surface area is 188 Å². The summed E-state index contributed by atoms with van der Waals surface area (Å²) in [7, 11) is 0. The molecular weight excluding hydrogens is 406 g/mol. The molecule has 1 fully saturated rings. The molecule has 0 aliphatic carbocycles. The fraction of sp³-hybridized carbons (Fsp3) is 0.435. The van der Waals surface area contributed by atoms with Crippen LogP contribution in [0.1, 0.15) is 12.8 Å². The van der Waals surface area contributed by atoms with Crippen LogP contribution in [0.3, 0.4) is 0 Å². The minimum atomic E-state index is 0.524. The van der Waals surface area contributed by atoms with Gasteiger partial charge in [-0.15, -0.1) is 0 Å². The van der Waals surface area contributed by atoms with E-state index in [-0.39, 0.29) is 0 Å². The zero-order valence-electron chi connectivity index (χ0n) is 18.3. The van der Waals surface area contributed by atoms with E-state index >= 15 is 0 Å². The first kappa shape index (κ1) is 22.2. The van der Waals surface area contributed by atoms with Gasteiger partial charge in [-0.05, 0) is 35.7 Å². The maximum atomic E-state index is 5.57. The minimum absolute atomic E-state index is 0.524. The van der Waals surface area contributed by atoms with E-state index in [4.69, 9.17) is 15.2 Å². The first-order chi connectivity index (χ1) is 15.8. The van der Waals surface area contributed by atoms with Crippen molar-refractivity contribution in [2.45, 2.75) is 12.8 Å². The number of aromatic nitrogens is 3. The zero-order chi connectivity index (χ0) is 22.0. The number of ether oxygens (including phenoxy) is 2. The van der Waals surface area contributed by atoms with Crippen molar-refractivity contribution in [3.63, 3.8) is 0 Å². The molecule has 1 aliphatic rings. The fourth-order valence-electron chi connectivity index (χ4n) is 3.59. The predicted molar refractivity (Wildman–Crippen MR) is 128 cm³/mol. The Morgan fingerprint density at radius 3 is 2.41 bits per heavy atom. The van der Waals surface area contributed by atoms with Crippen LogP contribution in [0.5, 0.6) is 0 Å². The van der Waals surface area contributed by atoms with Gasteiger partial charge < -0.3 is 30.7 Å². The van der Waals surface area contributed by atoms with Gasteiger partial charge in [-0.2, -0.15) is 15.0 Å². The van der Waals surface area contributed by atoms with E-state index in [0.717, 1.165) is 37.0 Å². The molecule has 9 nitrogen and oxygen atoms in total. The second-order valence-corrected chi connectivity index (χ2v) is 7.60. The number of fused-ring (bicyclic) bond motifs is 1. The quantitative estimate of drug-likeness (QED) is 0.368. The van der Waals surface area contributed by atoms with Gasteiger partial charge in [0.05, 0.1) is 26.4 Å². The lowest BCUT2D eigenvalue weighted by Gasteiger charge is -2.17. The lowest BCUT2D eigenvalue weighted by molar-refractivity contribution is 0.0547. The van der Waals surface area contributed by atoms with Gasteiger partial charge in [0.2, 0.25) is 17.8 Å². The number of nitrogens with one attached hydrogen (secondary N) is 2. The van der Waals surface area contributed by atoms with E-state index in [9.17, 15) is 0 Å². The lowest BCUT2D eigenvalue weighted by Crippen LogP contribution is -2.22. The Balaban J connectivity index is 1.41. The Morgan fingerprint density at radius 1 is 0.844 bits per heavy atom. The molecule has 9 heteroatoms. The van der Waals surface area contributed by atoms with Crippen LogP contribution in [-0.2, 0) is 9.47 Å². The van der Waals surface area contributed by atoms with Crippen LogP contribution in [0, 0.1) is 0 Å². The highest BCUT2D eigenvalue weighted by atomic mass is 16.5. The molecule has 32 heavy (non-hydrogen) atoms. The van der Waals surface area contributed by atoms with E-state index in [1.54, 1.807) is 0 Å². The number of hydrogen-bond donors (Lipinski definition) is 3. The van der Waals surface area contributed by atoms with Crippen molar-refractivity contribution in [3.05, 3.63) is 42.5 Å². The number of benzene rings is 2. The summed E-state index contributed by atoms with van der Waals surface area (Å²) in [5.41, 5.74) is 6.33. The Kier molecular flexibility index (Phi) is 8.02. The summed E-state index contributed by atoms with van der Waals surface area (Å²) in [6.45, 7) is 5.21. The lowest BCUT2D eigenvalue weighted by atomic mass is 10.1. The molecule has 0 bridgehead atoms. The Morgan fingerprint density at radius 2 is 1.59 bits per heavy atom. The highest BCUT2D eigenvalue weighted by Crippen LogP contribution is 2.23. The van der Waals surface area contributed by atoms with Crippen molar-refractivity contribution >= 4 is 34.3 Å². The number of anilines is 4. The van der Waals surface area contributed by atoms with Gasteiger partial charge in [0.25, 0.3) is 0 Å². The second-order valence-electron chi connectivity index (χ2n) is 7.60. The van der Waals surface area contributed by atoms with E-state index in [1.807, 2.05) is 18.2 Å². The van der Waals surface area contributed by atoms with Crippen molar-refractivity contribution in [2.75, 3.05) is 68.1 Å². The Hall–Kier alpha value is -3.01. The summed E-state index contributed by atoms with van der Waals surface area (Å²) < 4.78 is 10.9. The molecule has 0 unspecified atom stereocenters. The van der Waals surface area contributed by atoms with E-state index in [2.05, 4.69) is 54.8 Å². The average molecular weight is 438 g/mol. The van der Waals surface area contributed by atoms with E-state index < -0.39 is 0 Å². The van der Waals surface area contributed by atoms with Gasteiger partial charge in [0, 0.05) is 31.9 Å². The minimum Gasteiger partial charge on any atom is -0.378 e. The molecule has 3 aromatic rings. The number of nitrogens with zero attached hydrogens (tertiary/aromatic N) is 4. The van der Waals surface area contributed by atoms with Crippen LogP contribution >= 0.6 is 0 Å². The van der Waals surface area contributed by atoms with Gasteiger partial charge in [-0.3, -0.25) is 0 Å². The first-order valence-corrected chi connectivity index (χ1v) is 11.2. The van der Waals surface area contributed by atoms with Crippen LogP contribution in [0.15, 0.2) is 42.5 Å². The molecule has 1 saturated heterocycles. The third kappa shape index (κ3) is 6.25. The van der Waals surface area contributed by atoms with Gasteiger partial charge in [-0.25, -0.2) is 0 Å². The van der Waals surface area contributed by atoms with Crippen molar-refractivity contribution in [1.82, 2.24) is 15.0 Å². The standard InChI is InChI=1S/C23H31N7O2/c24-9-13-31-15-16-32-14-10-25-21-27-22(29-23(28-21)30-11-3-4-12-30)26-20-8-7-18-5-1-2-6-19(18)17-20/h1-2,5-8,17H,3-4,9-16,24H2,(H2,25,26,27,28,29). The molecule has 0 atom stereocenters. The third-order valence-corrected chi connectivity index (χ3v) is 5.18. The maximum absolute atomic E-state index is 5.57. The summed E-state index contributed by atoms with van der Waals surface area (Å²) in [5, 5.41) is 8.96. The number of rotatable bonds is 12. The predicted octanol–water partition coefficient (Wildman–Crippen LogP) is 2.77. The molecule has 4 N–H and O–H groups in total. The molecule has 170 valence electrons. The smallest absolute Gasteiger partial charge is 0.233 e. The molecule has 2 aromatic carbocycles. The second kappa shape index (κ2) is 11.6. The monoisotopic (exact) mass is 437 g/mol. The maximum Gasteiger partial charge on any atom is 0.233 e. The summed E-state index contributed by atoms with van der Waals surface area (Å²) >= 11 is 0. The zero-order valence-corrected chi connectivity index (χ0v) is 18.3. The summed E-state index contributed by atoms with van der Waals surface area (Å²) in [6, 6.07) is 14.5. The molecular formula is C23H31N7O2. The van der Waals surface area contributed by atoms with Gasteiger partial charge in [0.1, 0.15) is 0 Å². The molecule has 0 amide bonds. The normalized spacial score (nSPS) is 13.6. The SMILES string of the molecule is NCCOCCOCCNc1nc(Nc2ccc3ccccc3c2)nc(N2CCCC2)n1. The van der Waals surface area contributed by atoms with Crippen LogP contribution in [0.2, 0.25) is 0 Å².